The van der Waals surface area contributed by atoms with E-state index >= 15 is 0 Å². The molecule has 1 heterocycles. The normalized spacial score (nSPS) is 21.2. The van der Waals surface area contributed by atoms with E-state index in [-0.39, 0.29) is 11.5 Å². The summed E-state index contributed by atoms with van der Waals surface area (Å²) in [6.45, 7) is 0. The smallest absolute Gasteiger partial charge is 0.340 e. The number of nitrogens with zero attached hydrogens (tertiary/aromatic N) is 1. The Morgan fingerprint density at radius 1 is 1.22 bits per heavy atom. The second-order valence-electron chi connectivity index (χ2n) is 7.38. The standard InChI is InChI=1S/C21H26ClNO3S/c1-23(2)17(13-7-5-4-6-8-13)14-9-11-15(12-10-14)19-16(21(24)25)18(26-3)20(22)27-19/h4-8,14-15,17H,9-12H2,1-3H3,(H,24,25). The average Bonchev–Trinajstić information content (AvgIpc) is 2.99. The summed E-state index contributed by atoms with van der Waals surface area (Å²) in [5.41, 5.74) is 1.60. The van der Waals surface area contributed by atoms with Crippen LogP contribution in [0.2, 0.25) is 4.34 Å². The van der Waals surface area contributed by atoms with E-state index < -0.39 is 5.97 Å². The van der Waals surface area contributed by atoms with E-state index in [2.05, 4.69) is 49.3 Å². The SMILES string of the molecule is COc1c(Cl)sc(C2CCC(C(c3ccccc3)N(C)C)CC2)c1C(=O)O. The molecule has 1 saturated carbocycles. The van der Waals surface area contributed by atoms with Gasteiger partial charge in [-0.05, 0) is 57.2 Å². The number of thiophene rings is 1. The molecule has 1 aliphatic rings. The second kappa shape index (κ2) is 8.63. The third kappa shape index (κ3) is 4.15. The van der Waals surface area contributed by atoms with E-state index in [1.807, 2.05) is 0 Å². The van der Waals surface area contributed by atoms with Crippen LogP contribution in [0.1, 0.15) is 58.4 Å². The van der Waals surface area contributed by atoms with Crippen LogP contribution in [0, 0.1) is 5.92 Å². The Kier molecular flexibility index (Phi) is 6.45. The van der Waals surface area contributed by atoms with Gasteiger partial charge in [-0.15, -0.1) is 11.3 Å². The van der Waals surface area contributed by atoms with Crippen molar-refractivity contribution in [2.24, 2.45) is 5.92 Å². The minimum atomic E-state index is -0.956. The van der Waals surface area contributed by atoms with Crippen LogP contribution in [0.15, 0.2) is 30.3 Å². The largest absolute Gasteiger partial charge is 0.493 e. The van der Waals surface area contributed by atoms with Gasteiger partial charge < -0.3 is 14.7 Å². The van der Waals surface area contributed by atoms with Gasteiger partial charge in [-0.25, -0.2) is 4.79 Å². The Hall–Kier alpha value is -1.56. The molecule has 1 N–H and O–H groups in total. The van der Waals surface area contributed by atoms with Crippen molar-refractivity contribution >= 4 is 28.9 Å². The van der Waals surface area contributed by atoms with Gasteiger partial charge in [0.2, 0.25) is 0 Å². The Balaban J connectivity index is 1.78. The highest BCUT2D eigenvalue weighted by Crippen LogP contribution is 2.49. The molecule has 0 bridgehead atoms. The van der Waals surface area contributed by atoms with Crippen LogP contribution in [-0.4, -0.2) is 37.2 Å². The summed E-state index contributed by atoms with van der Waals surface area (Å²) in [4.78, 5) is 14.9. The van der Waals surface area contributed by atoms with Gasteiger partial charge in [-0.3, -0.25) is 0 Å². The molecular formula is C21H26ClNO3S. The fourth-order valence-electron chi connectivity index (χ4n) is 4.42. The third-order valence-corrected chi connectivity index (χ3v) is 7.08. The molecule has 0 aliphatic heterocycles. The number of carboxylic acid groups (broad SMARTS) is 1. The van der Waals surface area contributed by atoms with Crippen molar-refractivity contribution in [1.29, 1.82) is 0 Å². The lowest BCUT2D eigenvalue weighted by Crippen LogP contribution is -2.30. The van der Waals surface area contributed by atoms with Crippen molar-refractivity contribution < 1.29 is 14.6 Å². The van der Waals surface area contributed by atoms with Gasteiger partial charge in [-0.2, -0.15) is 0 Å². The Morgan fingerprint density at radius 3 is 2.37 bits per heavy atom. The highest BCUT2D eigenvalue weighted by atomic mass is 35.5. The first-order chi connectivity index (χ1) is 12.9. The highest BCUT2D eigenvalue weighted by Gasteiger charge is 2.34. The Labute approximate surface area is 169 Å². The molecule has 1 fully saturated rings. The van der Waals surface area contributed by atoms with Gasteiger partial charge in [0, 0.05) is 10.9 Å². The van der Waals surface area contributed by atoms with Crippen LogP contribution in [-0.2, 0) is 0 Å². The molecule has 1 aromatic heterocycles. The zero-order valence-corrected chi connectivity index (χ0v) is 17.5. The fourth-order valence-corrected chi connectivity index (χ4v) is 5.99. The first kappa shape index (κ1) is 20.2. The molecule has 0 saturated heterocycles. The zero-order chi connectivity index (χ0) is 19.6. The molecule has 1 unspecified atom stereocenters. The number of carbonyl (C=O) groups is 1. The van der Waals surface area contributed by atoms with Crippen LogP contribution in [0.5, 0.6) is 5.75 Å². The van der Waals surface area contributed by atoms with Crippen molar-refractivity contribution in [2.45, 2.75) is 37.6 Å². The number of halogens is 1. The lowest BCUT2D eigenvalue weighted by Gasteiger charge is -2.37. The lowest BCUT2D eigenvalue weighted by molar-refractivity contribution is 0.0691. The Bertz CT molecular complexity index is 782. The number of hydrogen-bond donors (Lipinski definition) is 1. The molecule has 0 spiro atoms. The van der Waals surface area contributed by atoms with Gasteiger partial charge in [-0.1, -0.05) is 41.9 Å². The van der Waals surface area contributed by atoms with Gasteiger partial charge in [0.05, 0.1) is 7.11 Å². The molecule has 1 aromatic carbocycles. The van der Waals surface area contributed by atoms with E-state index in [0.717, 1.165) is 30.6 Å². The Morgan fingerprint density at radius 2 is 1.85 bits per heavy atom. The van der Waals surface area contributed by atoms with Crippen LogP contribution >= 0.6 is 22.9 Å². The topological polar surface area (TPSA) is 49.8 Å². The van der Waals surface area contributed by atoms with Gasteiger partial charge >= 0.3 is 5.97 Å². The maximum absolute atomic E-state index is 11.8. The monoisotopic (exact) mass is 407 g/mol. The molecule has 0 amide bonds. The van der Waals surface area contributed by atoms with Crippen LogP contribution in [0.3, 0.4) is 0 Å². The number of benzene rings is 1. The minimum absolute atomic E-state index is 0.234. The lowest BCUT2D eigenvalue weighted by atomic mass is 9.75. The van der Waals surface area contributed by atoms with Gasteiger partial charge in [0.15, 0.2) is 5.75 Å². The number of rotatable bonds is 6. The number of ether oxygens (including phenoxy) is 1. The predicted molar refractivity (Wildman–Crippen MR) is 110 cm³/mol. The third-order valence-electron chi connectivity index (χ3n) is 5.56. The van der Waals surface area contributed by atoms with E-state index in [1.54, 1.807) is 0 Å². The van der Waals surface area contributed by atoms with Gasteiger partial charge in [0.1, 0.15) is 9.90 Å². The summed E-state index contributed by atoms with van der Waals surface area (Å²) < 4.78 is 5.68. The number of hydrogen-bond acceptors (Lipinski definition) is 4. The van der Waals surface area contributed by atoms with Crippen LogP contribution in [0.25, 0.3) is 0 Å². The zero-order valence-electron chi connectivity index (χ0n) is 15.9. The molecule has 6 heteroatoms. The average molecular weight is 408 g/mol. The maximum atomic E-state index is 11.8. The van der Waals surface area contributed by atoms with Crippen LogP contribution < -0.4 is 4.74 Å². The van der Waals surface area contributed by atoms with Crippen molar-refractivity contribution in [3.05, 3.63) is 50.7 Å². The molecule has 27 heavy (non-hydrogen) atoms. The van der Waals surface area contributed by atoms with Crippen LogP contribution in [0.4, 0.5) is 0 Å². The van der Waals surface area contributed by atoms with E-state index in [4.69, 9.17) is 16.3 Å². The van der Waals surface area contributed by atoms with Crippen molar-refractivity contribution in [2.75, 3.05) is 21.2 Å². The second-order valence-corrected chi connectivity index (χ2v) is 9.04. The van der Waals surface area contributed by atoms with Crippen molar-refractivity contribution in [3.8, 4) is 5.75 Å². The quantitative estimate of drug-likeness (QED) is 0.668. The summed E-state index contributed by atoms with van der Waals surface area (Å²) in [5.74, 6) is 0.144. The minimum Gasteiger partial charge on any atom is -0.493 e. The molecule has 1 atom stereocenters. The van der Waals surface area contributed by atoms with E-state index in [9.17, 15) is 9.90 Å². The van der Waals surface area contributed by atoms with Crippen molar-refractivity contribution in [3.63, 3.8) is 0 Å². The number of aromatic carboxylic acids is 1. The predicted octanol–water partition coefficient (Wildman–Crippen LogP) is 5.69. The fraction of sp³-hybridized carbons (Fsp3) is 0.476. The molecule has 0 radical (unpaired) electrons. The first-order valence-corrected chi connectivity index (χ1v) is 10.4. The van der Waals surface area contributed by atoms with Crippen molar-refractivity contribution in [1.82, 2.24) is 4.90 Å². The highest BCUT2D eigenvalue weighted by molar-refractivity contribution is 7.17. The summed E-state index contributed by atoms with van der Waals surface area (Å²) >= 11 is 7.60. The maximum Gasteiger partial charge on any atom is 0.340 e. The molecule has 4 nitrogen and oxygen atoms in total. The summed E-state index contributed by atoms with van der Waals surface area (Å²) in [5, 5.41) is 9.64. The molecule has 1 aliphatic carbocycles. The first-order valence-electron chi connectivity index (χ1n) is 9.24. The van der Waals surface area contributed by atoms with E-state index in [1.165, 1.54) is 24.0 Å². The number of carboxylic acids is 1. The molecular weight excluding hydrogens is 382 g/mol. The molecule has 3 rings (SSSR count). The summed E-state index contributed by atoms with van der Waals surface area (Å²) in [7, 11) is 5.75. The van der Waals surface area contributed by atoms with E-state index in [0.29, 0.717) is 22.0 Å². The van der Waals surface area contributed by atoms with Gasteiger partial charge in [0.25, 0.3) is 0 Å². The molecule has 2 aromatic rings. The summed E-state index contributed by atoms with van der Waals surface area (Å²) in [6, 6.07) is 11.0. The summed E-state index contributed by atoms with van der Waals surface area (Å²) in [6.07, 6.45) is 4.09. The molecule has 146 valence electrons. The number of methoxy groups -OCH3 is 1.